The predicted molar refractivity (Wildman–Crippen MR) is 94.0 cm³/mol. The van der Waals surface area contributed by atoms with E-state index in [1.807, 2.05) is 0 Å². The Hall–Kier alpha value is -2.71. The Morgan fingerprint density at radius 2 is 2.04 bits per heavy atom. The molecule has 10 heteroatoms. The van der Waals surface area contributed by atoms with Gasteiger partial charge in [-0.15, -0.1) is 11.8 Å². The lowest BCUT2D eigenvalue weighted by Crippen LogP contribution is -2.70. The van der Waals surface area contributed by atoms with Crippen molar-refractivity contribution in [3.05, 3.63) is 46.3 Å². The van der Waals surface area contributed by atoms with Crippen molar-refractivity contribution < 1.29 is 19.5 Å². The number of amides is 2. The summed E-state index contributed by atoms with van der Waals surface area (Å²) in [7, 11) is 0. The van der Waals surface area contributed by atoms with E-state index in [0.717, 1.165) is 0 Å². The maximum absolute atomic E-state index is 12.6. The summed E-state index contributed by atoms with van der Waals surface area (Å²) in [6.07, 6.45) is 0. The summed E-state index contributed by atoms with van der Waals surface area (Å²) in [6, 6.07) is 5.63. The summed E-state index contributed by atoms with van der Waals surface area (Å²) in [5.41, 5.74) is 9.26. The molecule has 3 rings (SSSR count). The highest BCUT2D eigenvalue weighted by atomic mass is 32.2. The van der Waals surface area contributed by atoms with E-state index in [-0.39, 0.29) is 0 Å². The van der Waals surface area contributed by atoms with Crippen molar-refractivity contribution in [3.63, 3.8) is 0 Å². The molecule has 136 valence electrons. The van der Waals surface area contributed by atoms with Crippen LogP contribution in [0.2, 0.25) is 0 Å². The first-order chi connectivity index (χ1) is 12.3. The number of β-lactam (4-membered cyclic amide) rings is 1. The van der Waals surface area contributed by atoms with Crippen molar-refractivity contribution in [2.75, 3.05) is 0 Å². The largest absolute Gasteiger partial charge is 0.480 e. The van der Waals surface area contributed by atoms with Crippen LogP contribution in [0.5, 0.6) is 0 Å². The number of benzene rings is 1. The third-order valence-electron chi connectivity index (χ3n) is 4.50. The number of thioether (sulfide) groups is 1. The Balaban J connectivity index is 1.78. The molecule has 0 radical (unpaired) electrons. The van der Waals surface area contributed by atoms with Crippen LogP contribution in [-0.4, -0.2) is 50.0 Å². The average molecular weight is 375 g/mol. The van der Waals surface area contributed by atoms with Crippen LogP contribution >= 0.6 is 11.8 Å². The van der Waals surface area contributed by atoms with E-state index in [9.17, 15) is 19.5 Å². The highest BCUT2D eigenvalue weighted by molar-refractivity contribution is 8.01. The Bertz CT molecular complexity index is 808. The smallest absolute Gasteiger partial charge is 0.327 e. The van der Waals surface area contributed by atoms with Crippen molar-refractivity contribution in [1.82, 2.24) is 10.2 Å². The minimum atomic E-state index is -1.10. The standard InChI is InChI=1S/C16H17N5O4S/c1-16(2)11(15(24)25)21-13(23)10(14(21)26-16)18-12(22)9(19-20-17)8-6-4-3-5-7-8/h3-7,9-11,14H,1-2H3,(H,18,22)(H,24,25)/t9-,10-,11+,14?/m1/s1. The topological polar surface area (TPSA) is 135 Å². The van der Waals surface area contributed by atoms with Crippen molar-refractivity contribution in [2.45, 2.75) is 42.1 Å². The van der Waals surface area contributed by atoms with Gasteiger partial charge in [0.25, 0.3) is 0 Å². The van der Waals surface area contributed by atoms with Gasteiger partial charge in [-0.05, 0) is 24.9 Å². The second kappa shape index (κ2) is 6.54. The maximum Gasteiger partial charge on any atom is 0.327 e. The molecule has 1 aromatic rings. The number of carboxylic acid groups (broad SMARTS) is 1. The summed E-state index contributed by atoms with van der Waals surface area (Å²) >= 11 is 1.33. The molecule has 2 aliphatic heterocycles. The van der Waals surface area contributed by atoms with E-state index in [0.29, 0.717) is 5.56 Å². The molecule has 2 N–H and O–H groups in total. The Labute approximate surface area is 153 Å². The van der Waals surface area contributed by atoms with Crippen LogP contribution in [0.4, 0.5) is 0 Å². The second-order valence-corrected chi connectivity index (χ2v) is 8.37. The summed E-state index contributed by atoms with van der Waals surface area (Å²) in [5, 5.41) is 15.1. The van der Waals surface area contributed by atoms with Crippen LogP contribution in [0.1, 0.15) is 25.5 Å². The Morgan fingerprint density at radius 3 is 2.62 bits per heavy atom. The lowest BCUT2D eigenvalue weighted by molar-refractivity contribution is -0.161. The van der Waals surface area contributed by atoms with Gasteiger partial charge in [0.2, 0.25) is 11.8 Å². The summed E-state index contributed by atoms with van der Waals surface area (Å²) < 4.78 is -0.671. The number of nitrogens with one attached hydrogen (secondary N) is 1. The zero-order chi connectivity index (χ0) is 19.1. The van der Waals surface area contributed by atoms with Gasteiger partial charge in [0.05, 0.1) is 0 Å². The first kappa shape index (κ1) is 18.1. The fourth-order valence-corrected chi connectivity index (χ4v) is 4.96. The van der Waals surface area contributed by atoms with E-state index in [1.54, 1.807) is 44.2 Å². The summed E-state index contributed by atoms with van der Waals surface area (Å²) in [5.74, 6) is -2.11. The van der Waals surface area contributed by atoms with E-state index >= 15 is 0 Å². The molecule has 4 atom stereocenters. The van der Waals surface area contributed by atoms with Gasteiger partial charge < -0.3 is 15.3 Å². The molecular weight excluding hydrogens is 358 g/mol. The summed E-state index contributed by atoms with van der Waals surface area (Å²) in [4.78, 5) is 40.5. The molecule has 0 spiro atoms. The number of nitrogens with zero attached hydrogens (tertiary/aromatic N) is 4. The molecule has 0 saturated carbocycles. The number of carboxylic acids is 1. The lowest BCUT2D eigenvalue weighted by Gasteiger charge is -2.43. The lowest BCUT2D eigenvalue weighted by atomic mass is 9.95. The van der Waals surface area contributed by atoms with Crippen LogP contribution in [-0.2, 0) is 14.4 Å². The van der Waals surface area contributed by atoms with Gasteiger partial charge in [-0.25, -0.2) is 4.79 Å². The zero-order valence-electron chi connectivity index (χ0n) is 14.1. The van der Waals surface area contributed by atoms with Crippen molar-refractivity contribution in [2.24, 2.45) is 5.11 Å². The monoisotopic (exact) mass is 375 g/mol. The number of fused-ring (bicyclic) bond motifs is 1. The molecule has 0 aliphatic carbocycles. The van der Waals surface area contributed by atoms with Gasteiger partial charge in [0, 0.05) is 9.66 Å². The number of aliphatic carboxylic acids is 1. The minimum Gasteiger partial charge on any atom is -0.480 e. The third kappa shape index (κ3) is 2.87. The number of hydrogen-bond acceptors (Lipinski definition) is 5. The van der Waals surface area contributed by atoms with Crippen molar-refractivity contribution >= 4 is 29.5 Å². The molecule has 26 heavy (non-hydrogen) atoms. The number of hydrogen-bond donors (Lipinski definition) is 2. The maximum atomic E-state index is 12.6. The highest BCUT2D eigenvalue weighted by Gasteiger charge is 2.64. The van der Waals surface area contributed by atoms with Gasteiger partial charge in [-0.1, -0.05) is 35.4 Å². The highest BCUT2D eigenvalue weighted by Crippen LogP contribution is 2.50. The van der Waals surface area contributed by atoms with Gasteiger partial charge in [0.15, 0.2) is 0 Å². The van der Waals surface area contributed by atoms with Crippen LogP contribution in [0.3, 0.4) is 0 Å². The average Bonchev–Trinajstić information content (AvgIpc) is 2.86. The van der Waals surface area contributed by atoms with E-state index in [2.05, 4.69) is 15.3 Å². The third-order valence-corrected chi connectivity index (χ3v) is 6.07. The number of azide groups is 1. The van der Waals surface area contributed by atoms with E-state index in [1.165, 1.54) is 16.7 Å². The second-order valence-electron chi connectivity index (χ2n) is 6.60. The number of rotatable bonds is 5. The molecule has 9 nitrogen and oxygen atoms in total. The van der Waals surface area contributed by atoms with Crippen LogP contribution in [0, 0.1) is 0 Å². The van der Waals surface area contributed by atoms with Gasteiger partial charge >= 0.3 is 5.97 Å². The molecule has 2 aliphatic rings. The molecule has 2 fully saturated rings. The molecular formula is C16H17N5O4S. The van der Waals surface area contributed by atoms with Gasteiger partial charge in [-0.3, -0.25) is 9.59 Å². The molecule has 2 saturated heterocycles. The fourth-order valence-electron chi connectivity index (χ4n) is 3.34. The van der Waals surface area contributed by atoms with Gasteiger partial charge in [-0.2, -0.15) is 0 Å². The zero-order valence-corrected chi connectivity index (χ0v) is 14.9. The van der Waals surface area contributed by atoms with Crippen LogP contribution < -0.4 is 5.32 Å². The molecule has 0 bridgehead atoms. The van der Waals surface area contributed by atoms with Crippen LogP contribution in [0.15, 0.2) is 35.4 Å². The molecule has 1 unspecified atom stereocenters. The van der Waals surface area contributed by atoms with Crippen LogP contribution in [0.25, 0.3) is 10.4 Å². The van der Waals surface area contributed by atoms with E-state index in [4.69, 9.17) is 5.53 Å². The molecule has 2 heterocycles. The number of carbonyl (C=O) groups excluding carboxylic acids is 2. The summed E-state index contributed by atoms with van der Waals surface area (Å²) in [6.45, 7) is 3.52. The van der Waals surface area contributed by atoms with Crippen molar-refractivity contribution in [1.29, 1.82) is 0 Å². The van der Waals surface area contributed by atoms with E-state index < -0.39 is 46.0 Å². The first-order valence-electron chi connectivity index (χ1n) is 7.90. The number of carbonyl (C=O) groups is 3. The first-order valence-corrected chi connectivity index (χ1v) is 8.78. The SMILES string of the molecule is CC1(C)SC2[C@H](NC(=O)[C@H](N=[N+]=[N-])c3ccccc3)C(=O)N2[C@H]1C(=O)O. The molecule has 0 aromatic heterocycles. The minimum absolute atomic E-state index is 0.443. The fraction of sp³-hybridized carbons (Fsp3) is 0.438. The molecule has 2 amide bonds. The van der Waals surface area contributed by atoms with Crippen molar-refractivity contribution in [3.8, 4) is 0 Å². The Morgan fingerprint density at radius 1 is 1.38 bits per heavy atom. The quantitative estimate of drug-likeness (QED) is 0.349. The predicted octanol–water partition coefficient (Wildman–Crippen LogP) is 1.67. The van der Waals surface area contributed by atoms with Gasteiger partial charge in [0.1, 0.15) is 23.5 Å². The Kier molecular flexibility index (Phi) is 4.55. The normalized spacial score (nSPS) is 26.9. The molecule has 1 aromatic carbocycles.